The van der Waals surface area contributed by atoms with Crippen molar-refractivity contribution in [2.75, 3.05) is 32.7 Å². The largest absolute Gasteiger partial charge is 0.416 e. The molecule has 1 aliphatic carbocycles. The first kappa shape index (κ1) is 21.5. The van der Waals surface area contributed by atoms with Crippen molar-refractivity contribution in [2.45, 2.75) is 44.6 Å². The first-order valence-electron chi connectivity index (χ1n) is 11.4. The summed E-state index contributed by atoms with van der Waals surface area (Å²) in [5.74, 6) is 0.121. The summed E-state index contributed by atoms with van der Waals surface area (Å²) in [5.41, 5.74) is 3.42. The minimum Gasteiger partial charge on any atom is -0.336 e. The summed E-state index contributed by atoms with van der Waals surface area (Å²) in [5, 5.41) is 0. The Morgan fingerprint density at radius 3 is 2.28 bits per heavy atom. The lowest BCUT2D eigenvalue weighted by molar-refractivity contribution is -0.137. The third kappa shape index (κ3) is 4.69. The molecule has 2 aromatic rings. The van der Waals surface area contributed by atoms with E-state index >= 15 is 0 Å². The van der Waals surface area contributed by atoms with E-state index in [9.17, 15) is 18.0 Å². The molecule has 7 heteroatoms. The number of hydrogen-bond donors (Lipinski definition) is 0. The normalized spacial score (nSPS) is 20.3. The second-order valence-electron chi connectivity index (χ2n) is 9.20. The van der Waals surface area contributed by atoms with E-state index in [1.807, 2.05) is 23.1 Å². The van der Waals surface area contributed by atoms with Crippen molar-refractivity contribution < 1.29 is 18.0 Å². The molecule has 0 aromatic heterocycles. The van der Waals surface area contributed by atoms with E-state index in [2.05, 4.69) is 9.80 Å². The number of alkyl halides is 3. The lowest BCUT2D eigenvalue weighted by Crippen LogP contribution is -2.49. The minimum absolute atomic E-state index is 0.121. The quantitative estimate of drug-likeness (QED) is 0.709. The highest BCUT2D eigenvalue weighted by Crippen LogP contribution is 2.30. The third-order valence-electron chi connectivity index (χ3n) is 6.90. The van der Waals surface area contributed by atoms with Crippen molar-refractivity contribution in [3.8, 4) is 0 Å². The van der Waals surface area contributed by atoms with Crippen molar-refractivity contribution in [3.63, 3.8) is 0 Å². The topological polar surface area (TPSA) is 26.8 Å². The van der Waals surface area contributed by atoms with Crippen LogP contribution in [0.4, 0.5) is 13.2 Å². The van der Waals surface area contributed by atoms with E-state index in [1.165, 1.54) is 24.0 Å². The molecular formula is C25H28F3N3O. The van der Waals surface area contributed by atoms with Crippen molar-refractivity contribution in [1.29, 1.82) is 0 Å². The van der Waals surface area contributed by atoms with Crippen LogP contribution >= 0.6 is 0 Å². The molecule has 0 N–H and O–H groups in total. The molecule has 170 valence electrons. The molecule has 0 atom stereocenters. The van der Waals surface area contributed by atoms with E-state index in [0.717, 1.165) is 75.0 Å². The van der Waals surface area contributed by atoms with Crippen molar-refractivity contribution in [1.82, 2.24) is 14.7 Å². The molecular weight excluding hydrogens is 415 g/mol. The molecule has 1 amide bonds. The van der Waals surface area contributed by atoms with Gasteiger partial charge in [0.15, 0.2) is 0 Å². The van der Waals surface area contributed by atoms with E-state index in [1.54, 1.807) is 12.1 Å². The Morgan fingerprint density at radius 1 is 0.906 bits per heavy atom. The van der Waals surface area contributed by atoms with E-state index in [-0.39, 0.29) is 5.91 Å². The van der Waals surface area contributed by atoms with Gasteiger partial charge in [0.2, 0.25) is 0 Å². The number of amides is 1. The van der Waals surface area contributed by atoms with Gasteiger partial charge in [-0.1, -0.05) is 18.2 Å². The van der Waals surface area contributed by atoms with Crippen LogP contribution in [0.5, 0.6) is 0 Å². The fourth-order valence-electron chi connectivity index (χ4n) is 4.85. The van der Waals surface area contributed by atoms with E-state index in [0.29, 0.717) is 6.54 Å². The molecule has 3 aliphatic rings. The lowest BCUT2D eigenvalue weighted by atomic mass is 9.96. The van der Waals surface area contributed by atoms with Crippen LogP contribution in [0.15, 0.2) is 42.5 Å². The van der Waals surface area contributed by atoms with Crippen molar-refractivity contribution >= 4 is 5.91 Å². The number of carbonyl (C=O) groups excluding carboxylic acids is 1. The Morgan fingerprint density at radius 2 is 1.62 bits per heavy atom. The second kappa shape index (κ2) is 8.52. The molecule has 0 bridgehead atoms. The van der Waals surface area contributed by atoms with Gasteiger partial charge in [-0.3, -0.25) is 14.6 Å². The SMILES string of the molecule is O=C(c1ccc2c(c1)CCN(Cc1ccc(C(F)(F)F)cc1)C2)N1CCN(C2CC2)CC1. The van der Waals surface area contributed by atoms with Crippen LogP contribution < -0.4 is 0 Å². The summed E-state index contributed by atoms with van der Waals surface area (Å²) < 4.78 is 38.3. The number of fused-ring (bicyclic) bond motifs is 1. The zero-order valence-corrected chi connectivity index (χ0v) is 18.1. The predicted molar refractivity (Wildman–Crippen MR) is 116 cm³/mol. The van der Waals surface area contributed by atoms with Gasteiger partial charge in [-0.05, 0) is 60.2 Å². The summed E-state index contributed by atoms with van der Waals surface area (Å²) in [7, 11) is 0. The molecule has 4 nitrogen and oxygen atoms in total. The Labute approximate surface area is 186 Å². The zero-order chi connectivity index (χ0) is 22.3. The fraction of sp³-hybridized carbons (Fsp3) is 0.480. The molecule has 2 heterocycles. The standard InChI is InChI=1S/C25H28F3N3O/c26-25(27,28)22-5-1-18(2-6-22)16-29-10-9-19-15-20(3-4-21(19)17-29)24(32)31-13-11-30(12-14-31)23-7-8-23/h1-6,15,23H,7-14,16-17H2. The predicted octanol–water partition coefficient (Wildman–Crippen LogP) is 4.18. The van der Waals surface area contributed by atoms with Gasteiger partial charge in [-0.25, -0.2) is 0 Å². The highest BCUT2D eigenvalue weighted by atomic mass is 19.4. The maximum absolute atomic E-state index is 13.0. The maximum atomic E-state index is 13.0. The van der Waals surface area contributed by atoms with Gasteiger partial charge in [0.05, 0.1) is 5.56 Å². The van der Waals surface area contributed by atoms with Crippen molar-refractivity contribution in [3.05, 3.63) is 70.3 Å². The van der Waals surface area contributed by atoms with Crippen LogP contribution in [0.2, 0.25) is 0 Å². The summed E-state index contributed by atoms with van der Waals surface area (Å²) in [6.45, 7) is 5.72. The Hall–Kier alpha value is -2.38. The first-order chi connectivity index (χ1) is 15.4. The molecule has 1 saturated heterocycles. The monoisotopic (exact) mass is 443 g/mol. The zero-order valence-electron chi connectivity index (χ0n) is 18.1. The van der Waals surface area contributed by atoms with Crippen LogP contribution in [0.1, 0.15) is 45.5 Å². The highest BCUT2D eigenvalue weighted by Gasteiger charge is 2.33. The highest BCUT2D eigenvalue weighted by molar-refractivity contribution is 5.94. The smallest absolute Gasteiger partial charge is 0.336 e. The van der Waals surface area contributed by atoms with Gasteiger partial charge in [-0.2, -0.15) is 13.2 Å². The molecule has 1 saturated carbocycles. The molecule has 32 heavy (non-hydrogen) atoms. The number of rotatable bonds is 4. The van der Waals surface area contributed by atoms with Crippen molar-refractivity contribution in [2.24, 2.45) is 0 Å². The van der Waals surface area contributed by atoms with Gasteiger partial charge in [0.25, 0.3) is 5.91 Å². The van der Waals surface area contributed by atoms with E-state index < -0.39 is 11.7 Å². The molecule has 0 unspecified atom stereocenters. The summed E-state index contributed by atoms with van der Waals surface area (Å²) in [6.07, 6.45) is -0.863. The molecule has 0 radical (unpaired) electrons. The summed E-state index contributed by atoms with van der Waals surface area (Å²) >= 11 is 0. The van der Waals surface area contributed by atoms with Crippen LogP contribution in [-0.4, -0.2) is 59.4 Å². The Balaban J connectivity index is 1.19. The molecule has 2 fully saturated rings. The molecule has 5 rings (SSSR count). The molecule has 2 aromatic carbocycles. The number of piperazine rings is 1. The number of hydrogen-bond acceptors (Lipinski definition) is 3. The third-order valence-corrected chi connectivity index (χ3v) is 6.90. The number of nitrogens with zero attached hydrogens (tertiary/aromatic N) is 3. The van der Waals surface area contributed by atoms with E-state index in [4.69, 9.17) is 0 Å². The first-order valence-corrected chi connectivity index (χ1v) is 11.4. The maximum Gasteiger partial charge on any atom is 0.416 e. The molecule has 0 spiro atoms. The average molecular weight is 444 g/mol. The fourth-order valence-corrected chi connectivity index (χ4v) is 4.85. The summed E-state index contributed by atoms with van der Waals surface area (Å²) in [4.78, 5) is 19.7. The van der Waals surface area contributed by atoms with Crippen LogP contribution in [0, 0.1) is 0 Å². The number of carbonyl (C=O) groups is 1. The minimum atomic E-state index is -4.30. The lowest BCUT2D eigenvalue weighted by Gasteiger charge is -2.35. The van der Waals surface area contributed by atoms with Crippen LogP contribution in [-0.2, 0) is 25.7 Å². The number of benzene rings is 2. The van der Waals surface area contributed by atoms with Crippen LogP contribution in [0.25, 0.3) is 0 Å². The Bertz CT molecular complexity index is 977. The van der Waals surface area contributed by atoms with Gasteiger partial charge in [-0.15, -0.1) is 0 Å². The van der Waals surface area contributed by atoms with Gasteiger partial charge in [0.1, 0.15) is 0 Å². The number of halogens is 3. The average Bonchev–Trinajstić information content (AvgIpc) is 3.64. The van der Waals surface area contributed by atoms with Gasteiger partial charge >= 0.3 is 6.18 Å². The Kier molecular flexibility index (Phi) is 5.72. The second-order valence-corrected chi connectivity index (χ2v) is 9.20. The van der Waals surface area contributed by atoms with Gasteiger partial charge < -0.3 is 4.90 Å². The molecule has 2 aliphatic heterocycles. The van der Waals surface area contributed by atoms with Crippen LogP contribution in [0.3, 0.4) is 0 Å². The van der Waals surface area contributed by atoms with Gasteiger partial charge in [0, 0.05) is 57.4 Å². The summed E-state index contributed by atoms with van der Waals surface area (Å²) in [6, 6.07) is 12.2.